The number of benzene rings is 1. The number of amides is 1. The Labute approximate surface area is 180 Å². The highest BCUT2D eigenvalue weighted by molar-refractivity contribution is 5.80. The van der Waals surface area contributed by atoms with Crippen molar-refractivity contribution in [3.63, 3.8) is 0 Å². The number of aromatic nitrogens is 3. The molecule has 1 saturated heterocycles. The standard InChI is InChI=1S/C23H28N4O4/c1-13-6-14(2)27(24-13)12-23(29)26-10-16-7-20(28)22(8-17(16)11-26)30-18-4-5-19-15(3)25-31-21(19)9-18/h4-6,9,16-17,20,22,28H,7-8,10-12H2,1-3H3/t16-,17+,20+,22+/m0/s1. The van der Waals surface area contributed by atoms with Crippen molar-refractivity contribution in [3.8, 4) is 5.75 Å². The van der Waals surface area contributed by atoms with Crippen molar-refractivity contribution in [1.29, 1.82) is 0 Å². The predicted octanol–water partition coefficient (Wildman–Crippen LogP) is 2.63. The fraction of sp³-hybridized carbons (Fsp3) is 0.522. The summed E-state index contributed by atoms with van der Waals surface area (Å²) < 4.78 is 13.2. The highest BCUT2D eigenvalue weighted by atomic mass is 16.5. The van der Waals surface area contributed by atoms with E-state index < -0.39 is 6.10 Å². The topological polar surface area (TPSA) is 93.6 Å². The molecule has 0 spiro atoms. The Morgan fingerprint density at radius 2 is 1.97 bits per heavy atom. The average molecular weight is 425 g/mol. The van der Waals surface area contributed by atoms with E-state index in [1.54, 1.807) is 4.68 Å². The van der Waals surface area contributed by atoms with Crippen LogP contribution in [0.1, 0.15) is 29.9 Å². The molecule has 0 bridgehead atoms. The number of aliphatic hydroxyl groups excluding tert-OH is 1. The molecule has 5 rings (SSSR count). The molecule has 0 unspecified atom stereocenters. The van der Waals surface area contributed by atoms with Gasteiger partial charge in [-0.2, -0.15) is 5.10 Å². The van der Waals surface area contributed by atoms with Crippen molar-refractivity contribution in [2.24, 2.45) is 11.8 Å². The fourth-order valence-electron chi connectivity index (χ4n) is 5.08. The molecule has 1 amide bonds. The first-order chi connectivity index (χ1) is 14.9. The Kier molecular flexibility index (Phi) is 4.97. The van der Waals surface area contributed by atoms with Gasteiger partial charge in [0.2, 0.25) is 5.91 Å². The van der Waals surface area contributed by atoms with Crippen LogP contribution in [0.4, 0.5) is 0 Å². The van der Waals surface area contributed by atoms with E-state index in [1.807, 2.05) is 49.9 Å². The van der Waals surface area contributed by atoms with E-state index in [9.17, 15) is 9.90 Å². The smallest absolute Gasteiger partial charge is 0.244 e. The second kappa shape index (κ2) is 7.67. The lowest BCUT2D eigenvalue weighted by atomic mass is 9.78. The molecular formula is C23H28N4O4. The van der Waals surface area contributed by atoms with Gasteiger partial charge in [0.1, 0.15) is 18.4 Å². The third-order valence-corrected chi connectivity index (χ3v) is 6.74. The van der Waals surface area contributed by atoms with Crippen LogP contribution in [-0.2, 0) is 11.3 Å². The number of hydrogen-bond acceptors (Lipinski definition) is 6. The molecule has 1 aromatic carbocycles. The molecule has 3 heterocycles. The highest BCUT2D eigenvalue weighted by Gasteiger charge is 2.44. The van der Waals surface area contributed by atoms with Crippen LogP contribution >= 0.6 is 0 Å². The molecular weight excluding hydrogens is 396 g/mol. The number of carbonyl (C=O) groups is 1. The van der Waals surface area contributed by atoms with Crippen LogP contribution < -0.4 is 4.74 Å². The van der Waals surface area contributed by atoms with Gasteiger partial charge >= 0.3 is 0 Å². The van der Waals surface area contributed by atoms with Crippen molar-refractivity contribution in [1.82, 2.24) is 19.8 Å². The van der Waals surface area contributed by atoms with Crippen LogP contribution in [0.2, 0.25) is 0 Å². The molecule has 8 nitrogen and oxygen atoms in total. The van der Waals surface area contributed by atoms with Gasteiger partial charge in [0.25, 0.3) is 0 Å². The first kappa shape index (κ1) is 20.1. The Morgan fingerprint density at radius 1 is 1.19 bits per heavy atom. The van der Waals surface area contributed by atoms with Gasteiger partial charge in [0, 0.05) is 30.2 Å². The summed E-state index contributed by atoms with van der Waals surface area (Å²) in [6.07, 6.45) is 0.513. The van der Waals surface area contributed by atoms with E-state index in [1.165, 1.54) is 0 Å². The lowest BCUT2D eigenvalue weighted by Gasteiger charge is -2.35. The molecule has 2 fully saturated rings. The normalized spacial score (nSPS) is 25.7. The van der Waals surface area contributed by atoms with Gasteiger partial charge in [0.05, 0.1) is 17.5 Å². The van der Waals surface area contributed by atoms with Crippen molar-refractivity contribution in [2.45, 2.75) is 52.4 Å². The second-order valence-corrected chi connectivity index (χ2v) is 9.02. The summed E-state index contributed by atoms with van der Waals surface area (Å²) in [5.74, 6) is 1.38. The van der Waals surface area contributed by atoms with Gasteiger partial charge < -0.3 is 19.3 Å². The molecule has 4 atom stereocenters. The zero-order valence-corrected chi connectivity index (χ0v) is 18.1. The predicted molar refractivity (Wildman–Crippen MR) is 114 cm³/mol. The third kappa shape index (κ3) is 3.80. The summed E-state index contributed by atoms with van der Waals surface area (Å²) in [5.41, 5.74) is 3.44. The van der Waals surface area contributed by atoms with Crippen LogP contribution in [0.25, 0.3) is 11.0 Å². The molecule has 1 N–H and O–H groups in total. The molecule has 2 aromatic heterocycles. The van der Waals surface area contributed by atoms with E-state index in [0.717, 1.165) is 28.9 Å². The van der Waals surface area contributed by atoms with E-state index in [2.05, 4.69) is 10.3 Å². The van der Waals surface area contributed by atoms with Crippen LogP contribution in [0.5, 0.6) is 5.75 Å². The lowest BCUT2D eigenvalue weighted by molar-refractivity contribution is -0.131. The van der Waals surface area contributed by atoms with Crippen LogP contribution in [-0.4, -0.2) is 56.1 Å². The second-order valence-electron chi connectivity index (χ2n) is 9.02. The number of aryl methyl sites for hydroxylation is 3. The highest BCUT2D eigenvalue weighted by Crippen LogP contribution is 2.38. The van der Waals surface area contributed by atoms with E-state index in [0.29, 0.717) is 42.7 Å². The summed E-state index contributed by atoms with van der Waals surface area (Å²) >= 11 is 0. The number of nitrogens with zero attached hydrogens (tertiary/aromatic N) is 4. The Morgan fingerprint density at radius 3 is 2.71 bits per heavy atom. The molecule has 1 aliphatic carbocycles. The summed E-state index contributed by atoms with van der Waals surface area (Å²) in [4.78, 5) is 14.8. The Bertz CT molecular complexity index is 1120. The van der Waals surface area contributed by atoms with Crippen LogP contribution in [0.3, 0.4) is 0 Å². The average Bonchev–Trinajstić information content (AvgIpc) is 3.39. The van der Waals surface area contributed by atoms with Crippen molar-refractivity contribution >= 4 is 16.9 Å². The molecule has 1 aliphatic heterocycles. The molecule has 1 saturated carbocycles. The maximum Gasteiger partial charge on any atom is 0.244 e. The molecule has 31 heavy (non-hydrogen) atoms. The number of ether oxygens (including phenoxy) is 1. The first-order valence-electron chi connectivity index (χ1n) is 10.9. The zero-order chi connectivity index (χ0) is 21.7. The van der Waals surface area contributed by atoms with Crippen molar-refractivity contribution in [2.75, 3.05) is 13.1 Å². The lowest BCUT2D eigenvalue weighted by Crippen LogP contribution is -2.42. The minimum absolute atomic E-state index is 0.0821. The minimum Gasteiger partial charge on any atom is -0.488 e. The molecule has 8 heteroatoms. The zero-order valence-electron chi connectivity index (χ0n) is 18.1. The Balaban J connectivity index is 1.23. The third-order valence-electron chi connectivity index (χ3n) is 6.74. The minimum atomic E-state index is -0.556. The molecule has 0 radical (unpaired) electrons. The number of fused-ring (bicyclic) bond motifs is 2. The summed E-state index contributed by atoms with van der Waals surface area (Å²) in [6.45, 7) is 7.46. The SMILES string of the molecule is Cc1cc(C)n(CC(=O)N2C[C@H]3C[C@@H](Oc4ccc5c(C)noc5c4)[C@H](O)C[C@H]3C2)n1. The number of aliphatic hydroxyl groups is 1. The number of likely N-dealkylation sites (tertiary alicyclic amines) is 1. The van der Waals surface area contributed by atoms with Crippen LogP contribution in [0, 0.1) is 32.6 Å². The first-order valence-corrected chi connectivity index (χ1v) is 10.9. The monoisotopic (exact) mass is 424 g/mol. The summed E-state index contributed by atoms with van der Waals surface area (Å²) in [6, 6.07) is 7.63. The van der Waals surface area contributed by atoms with Crippen LogP contribution in [0.15, 0.2) is 28.8 Å². The number of hydrogen-bond donors (Lipinski definition) is 1. The van der Waals surface area contributed by atoms with E-state index in [-0.39, 0.29) is 18.6 Å². The van der Waals surface area contributed by atoms with Gasteiger partial charge in [-0.1, -0.05) is 5.16 Å². The molecule has 2 aliphatic rings. The number of rotatable bonds is 4. The largest absolute Gasteiger partial charge is 0.488 e. The van der Waals surface area contributed by atoms with E-state index in [4.69, 9.17) is 9.26 Å². The fourth-order valence-corrected chi connectivity index (χ4v) is 5.08. The molecule has 164 valence electrons. The van der Waals surface area contributed by atoms with Gasteiger partial charge in [-0.15, -0.1) is 0 Å². The van der Waals surface area contributed by atoms with E-state index >= 15 is 0 Å². The number of carbonyl (C=O) groups excluding carboxylic acids is 1. The Hall–Kier alpha value is -2.87. The quantitative estimate of drug-likeness (QED) is 0.692. The van der Waals surface area contributed by atoms with Crippen molar-refractivity contribution < 1.29 is 19.2 Å². The maximum atomic E-state index is 12.9. The maximum absolute atomic E-state index is 12.9. The van der Waals surface area contributed by atoms with Gasteiger partial charge in [0.15, 0.2) is 5.58 Å². The van der Waals surface area contributed by atoms with Gasteiger partial charge in [-0.05, 0) is 63.6 Å². The van der Waals surface area contributed by atoms with Crippen molar-refractivity contribution in [3.05, 3.63) is 41.3 Å². The summed E-state index contributed by atoms with van der Waals surface area (Å²) in [5, 5.41) is 20.1. The molecule has 3 aromatic rings. The van der Waals surface area contributed by atoms with Gasteiger partial charge in [-0.3, -0.25) is 9.48 Å². The van der Waals surface area contributed by atoms with Gasteiger partial charge in [-0.25, -0.2) is 0 Å². The summed E-state index contributed by atoms with van der Waals surface area (Å²) in [7, 11) is 0.